The van der Waals surface area contributed by atoms with Crippen LogP contribution in [0.25, 0.3) is 0 Å². The predicted octanol–water partition coefficient (Wildman–Crippen LogP) is 2.85. The first kappa shape index (κ1) is 17.5. The van der Waals surface area contributed by atoms with E-state index >= 15 is 0 Å². The first-order valence-corrected chi connectivity index (χ1v) is 9.32. The van der Waals surface area contributed by atoms with Crippen molar-refractivity contribution in [1.29, 1.82) is 0 Å². The average molecular weight is 361 g/mol. The Balaban J connectivity index is 1.51. The van der Waals surface area contributed by atoms with E-state index < -0.39 is 5.66 Å². The summed E-state index contributed by atoms with van der Waals surface area (Å²) in [7, 11) is 0. The summed E-state index contributed by atoms with van der Waals surface area (Å²) < 4.78 is 0. The lowest BCUT2D eigenvalue weighted by Gasteiger charge is -2.37. The second-order valence-corrected chi connectivity index (χ2v) is 7.40. The lowest BCUT2D eigenvalue weighted by atomic mass is 9.97. The molecule has 0 aliphatic carbocycles. The molecule has 0 atom stereocenters. The minimum atomic E-state index is -0.585. The Hall–Kier alpha value is -2.95. The Morgan fingerprint density at radius 3 is 2.41 bits per heavy atom. The Morgan fingerprint density at radius 1 is 1.04 bits per heavy atom. The van der Waals surface area contributed by atoms with Gasteiger partial charge in [-0.3, -0.25) is 14.6 Å². The SMILES string of the molecule is Cc1ccc(C2=NC3(CCN(C(=O)c4ccccc4)CC3)NC2=O)cc1C. The fraction of sp³-hybridized carbons (Fsp3) is 0.318. The van der Waals surface area contributed by atoms with Crippen LogP contribution in [-0.4, -0.2) is 41.2 Å². The molecule has 5 heteroatoms. The van der Waals surface area contributed by atoms with E-state index in [0.717, 1.165) is 11.1 Å². The van der Waals surface area contributed by atoms with Crippen LogP contribution in [0, 0.1) is 13.8 Å². The molecule has 4 rings (SSSR count). The number of rotatable bonds is 2. The summed E-state index contributed by atoms with van der Waals surface area (Å²) in [6, 6.07) is 15.3. The van der Waals surface area contributed by atoms with Crippen molar-refractivity contribution in [3.8, 4) is 0 Å². The average Bonchev–Trinajstić information content (AvgIpc) is 3.00. The highest BCUT2D eigenvalue weighted by Crippen LogP contribution is 2.29. The first-order valence-electron chi connectivity index (χ1n) is 9.32. The zero-order valence-electron chi connectivity index (χ0n) is 15.7. The van der Waals surface area contributed by atoms with E-state index in [-0.39, 0.29) is 11.8 Å². The van der Waals surface area contributed by atoms with Gasteiger partial charge < -0.3 is 10.2 Å². The van der Waals surface area contributed by atoms with Crippen LogP contribution in [-0.2, 0) is 4.79 Å². The van der Waals surface area contributed by atoms with Crippen molar-refractivity contribution in [1.82, 2.24) is 10.2 Å². The van der Waals surface area contributed by atoms with Crippen molar-refractivity contribution in [2.75, 3.05) is 13.1 Å². The Morgan fingerprint density at radius 2 is 1.74 bits per heavy atom. The van der Waals surface area contributed by atoms with Crippen LogP contribution < -0.4 is 5.32 Å². The number of nitrogens with one attached hydrogen (secondary N) is 1. The molecule has 0 radical (unpaired) electrons. The fourth-order valence-electron chi connectivity index (χ4n) is 3.73. The lowest BCUT2D eigenvalue weighted by Crippen LogP contribution is -2.52. The fourth-order valence-corrected chi connectivity index (χ4v) is 3.73. The van der Waals surface area contributed by atoms with Gasteiger partial charge in [0.05, 0.1) is 0 Å². The molecule has 0 bridgehead atoms. The Kier molecular flexibility index (Phi) is 4.30. The van der Waals surface area contributed by atoms with E-state index in [4.69, 9.17) is 4.99 Å². The number of aliphatic imine (C=N–C) groups is 1. The zero-order chi connectivity index (χ0) is 19.0. The summed E-state index contributed by atoms with van der Waals surface area (Å²) in [4.78, 5) is 31.8. The summed E-state index contributed by atoms with van der Waals surface area (Å²) in [5.74, 6) is -0.0887. The highest BCUT2D eigenvalue weighted by molar-refractivity contribution is 6.46. The Labute approximate surface area is 159 Å². The smallest absolute Gasteiger partial charge is 0.272 e. The molecule has 1 spiro atoms. The topological polar surface area (TPSA) is 61.8 Å². The van der Waals surface area contributed by atoms with Gasteiger partial charge >= 0.3 is 0 Å². The minimum Gasteiger partial charge on any atom is -0.338 e. The van der Waals surface area contributed by atoms with Crippen molar-refractivity contribution in [2.45, 2.75) is 32.4 Å². The molecule has 0 saturated carbocycles. The molecule has 2 aliphatic rings. The van der Waals surface area contributed by atoms with E-state index in [1.165, 1.54) is 5.56 Å². The molecule has 2 amide bonds. The van der Waals surface area contributed by atoms with Gasteiger partial charge in [0, 0.05) is 37.1 Å². The van der Waals surface area contributed by atoms with Crippen molar-refractivity contribution >= 4 is 17.5 Å². The quantitative estimate of drug-likeness (QED) is 0.894. The molecule has 1 fully saturated rings. The zero-order valence-corrected chi connectivity index (χ0v) is 15.7. The Bertz CT molecular complexity index is 926. The number of piperidine rings is 1. The third-order valence-corrected chi connectivity index (χ3v) is 5.57. The number of likely N-dealkylation sites (tertiary alicyclic amines) is 1. The molecular weight excluding hydrogens is 338 g/mol. The second kappa shape index (κ2) is 6.65. The summed E-state index contributed by atoms with van der Waals surface area (Å²) in [5, 5.41) is 3.07. The number of amides is 2. The lowest BCUT2D eigenvalue weighted by molar-refractivity contribution is -0.115. The van der Waals surface area contributed by atoms with E-state index in [1.807, 2.05) is 60.4 Å². The molecule has 0 aromatic heterocycles. The molecule has 0 unspecified atom stereocenters. The van der Waals surface area contributed by atoms with Crippen LogP contribution in [0.4, 0.5) is 0 Å². The maximum atomic E-state index is 12.6. The van der Waals surface area contributed by atoms with Gasteiger partial charge in [-0.15, -0.1) is 0 Å². The third kappa shape index (κ3) is 3.25. The van der Waals surface area contributed by atoms with Gasteiger partial charge in [-0.05, 0) is 43.2 Å². The molecule has 1 N–H and O–H groups in total. The van der Waals surface area contributed by atoms with E-state index in [2.05, 4.69) is 12.2 Å². The van der Waals surface area contributed by atoms with Crippen LogP contribution >= 0.6 is 0 Å². The monoisotopic (exact) mass is 361 g/mol. The largest absolute Gasteiger partial charge is 0.338 e. The standard InChI is InChI=1S/C22H23N3O2/c1-15-8-9-18(14-16(15)2)19-20(26)24-22(23-19)10-12-25(13-11-22)21(27)17-6-4-3-5-7-17/h3-9,14H,10-13H2,1-2H3,(H,24,26). The number of benzene rings is 2. The summed E-state index contributed by atoms with van der Waals surface area (Å²) in [5.41, 5.74) is 3.81. The van der Waals surface area contributed by atoms with E-state index in [1.54, 1.807) is 0 Å². The molecule has 1 saturated heterocycles. The van der Waals surface area contributed by atoms with Gasteiger partial charge in [0.15, 0.2) is 0 Å². The van der Waals surface area contributed by atoms with Gasteiger partial charge in [0.25, 0.3) is 11.8 Å². The highest BCUT2D eigenvalue weighted by Gasteiger charge is 2.42. The van der Waals surface area contributed by atoms with Gasteiger partial charge in [-0.1, -0.05) is 30.3 Å². The number of hydrogen-bond donors (Lipinski definition) is 1. The van der Waals surface area contributed by atoms with Crippen LogP contribution in [0.3, 0.4) is 0 Å². The summed E-state index contributed by atoms with van der Waals surface area (Å²) in [6.45, 7) is 5.25. The normalized spacial score (nSPS) is 18.4. The molecule has 2 aromatic rings. The number of carbonyl (C=O) groups is 2. The maximum Gasteiger partial charge on any atom is 0.272 e. The van der Waals surface area contributed by atoms with Crippen LogP contribution in [0.5, 0.6) is 0 Å². The van der Waals surface area contributed by atoms with Gasteiger partial charge in [0.2, 0.25) is 0 Å². The summed E-state index contributed by atoms with van der Waals surface area (Å²) >= 11 is 0. The number of carbonyl (C=O) groups excluding carboxylic acids is 2. The maximum absolute atomic E-state index is 12.6. The van der Waals surface area contributed by atoms with Crippen molar-refractivity contribution < 1.29 is 9.59 Å². The molecular formula is C22H23N3O2. The van der Waals surface area contributed by atoms with Gasteiger partial charge in [-0.2, -0.15) is 0 Å². The van der Waals surface area contributed by atoms with Crippen molar-refractivity contribution in [3.05, 3.63) is 70.8 Å². The first-order chi connectivity index (χ1) is 13.0. The van der Waals surface area contributed by atoms with E-state index in [9.17, 15) is 9.59 Å². The predicted molar refractivity (Wildman–Crippen MR) is 105 cm³/mol. The molecule has 5 nitrogen and oxygen atoms in total. The molecule has 27 heavy (non-hydrogen) atoms. The highest BCUT2D eigenvalue weighted by atomic mass is 16.2. The molecule has 2 heterocycles. The van der Waals surface area contributed by atoms with Crippen LogP contribution in [0.2, 0.25) is 0 Å². The van der Waals surface area contributed by atoms with Crippen molar-refractivity contribution in [2.24, 2.45) is 4.99 Å². The van der Waals surface area contributed by atoms with Crippen molar-refractivity contribution in [3.63, 3.8) is 0 Å². The molecule has 138 valence electrons. The second-order valence-electron chi connectivity index (χ2n) is 7.40. The number of hydrogen-bond acceptors (Lipinski definition) is 3. The number of nitrogens with zero attached hydrogens (tertiary/aromatic N) is 2. The van der Waals surface area contributed by atoms with Gasteiger partial charge in [-0.25, -0.2) is 0 Å². The molecule has 2 aliphatic heterocycles. The third-order valence-electron chi connectivity index (χ3n) is 5.57. The van der Waals surface area contributed by atoms with Crippen LogP contribution in [0.1, 0.15) is 39.9 Å². The summed E-state index contributed by atoms with van der Waals surface area (Å²) in [6.07, 6.45) is 1.26. The molecule has 2 aromatic carbocycles. The minimum absolute atomic E-state index is 0.0353. The van der Waals surface area contributed by atoms with E-state index in [0.29, 0.717) is 37.2 Å². The number of aryl methyl sites for hydroxylation is 2. The van der Waals surface area contributed by atoms with Crippen LogP contribution in [0.15, 0.2) is 53.5 Å². The van der Waals surface area contributed by atoms with Gasteiger partial charge in [0.1, 0.15) is 11.4 Å².